The molecule has 3 heteroatoms. The number of benzene rings is 1. The van der Waals surface area contributed by atoms with Gasteiger partial charge in [-0.1, -0.05) is 18.2 Å². The second kappa shape index (κ2) is 3.73. The van der Waals surface area contributed by atoms with Crippen LogP contribution in [-0.2, 0) is 4.79 Å². The molecule has 0 radical (unpaired) electrons. The van der Waals surface area contributed by atoms with Crippen molar-refractivity contribution < 1.29 is 4.79 Å². The smallest absolute Gasteiger partial charge is 0.233 e. The van der Waals surface area contributed by atoms with Crippen LogP contribution in [0.4, 0.5) is 5.69 Å². The second-order valence-electron chi connectivity index (χ2n) is 3.63. The number of carbonyl (C=O) groups excluding carboxylic acids is 1. The largest absolute Gasteiger partial charge is 0.274 e. The van der Waals surface area contributed by atoms with E-state index in [-0.39, 0.29) is 5.91 Å². The lowest BCUT2D eigenvalue weighted by molar-refractivity contribution is -0.115. The minimum Gasteiger partial charge on any atom is -0.274 e. The average molecular weight is 254 g/mol. The van der Waals surface area contributed by atoms with Crippen molar-refractivity contribution in [1.29, 1.82) is 0 Å². The third-order valence-corrected chi connectivity index (χ3v) is 3.32. The van der Waals surface area contributed by atoms with Crippen LogP contribution in [0.2, 0.25) is 0 Å². The summed E-state index contributed by atoms with van der Waals surface area (Å²) in [4.78, 5) is 11.2. The van der Waals surface area contributed by atoms with Gasteiger partial charge in [-0.25, -0.2) is 3.93 Å². The van der Waals surface area contributed by atoms with Crippen LogP contribution in [0.25, 0.3) is 0 Å². The lowest BCUT2D eigenvalue weighted by Gasteiger charge is -2.16. The lowest BCUT2D eigenvalue weighted by atomic mass is 10.1. The first kappa shape index (κ1) is 9.71. The summed E-state index contributed by atoms with van der Waals surface area (Å²) in [6.07, 6.45) is 2.49. The van der Waals surface area contributed by atoms with E-state index in [0.29, 0.717) is 5.92 Å². The zero-order chi connectivity index (χ0) is 10.1. The van der Waals surface area contributed by atoms with Crippen LogP contribution in [0, 0.1) is 0 Å². The van der Waals surface area contributed by atoms with E-state index in [1.54, 1.807) is 10.8 Å². The Morgan fingerprint density at radius 3 is 2.64 bits per heavy atom. The molecule has 1 saturated carbocycles. The van der Waals surface area contributed by atoms with E-state index in [1.165, 1.54) is 18.4 Å². The van der Waals surface area contributed by atoms with Crippen LogP contribution in [0.1, 0.15) is 31.2 Å². The number of hydrogen-bond acceptors (Lipinski definition) is 1. The van der Waals surface area contributed by atoms with Crippen LogP contribution in [0.3, 0.4) is 0 Å². The Labute approximate surface area is 92.2 Å². The summed E-state index contributed by atoms with van der Waals surface area (Å²) in [6.45, 7) is 1.55. The van der Waals surface area contributed by atoms with E-state index in [1.807, 2.05) is 18.2 Å². The maximum atomic E-state index is 11.2. The lowest BCUT2D eigenvalue weighted by Crippen LogP contribution is -2.17. The molecule has 0 atom stereocenters. The second-order valence-corrected chi connectivity index (χ2v) is 4.34. The van der Waals surface area contributed by atoms with Gasteiger partial charge in [-0.15, -0.1) is 0 Å². The first-order chi connectivity index (χ1) is 6.70. The molecule has 0 spiro atoms. The van der Waals surface area contributed by atoms with E-state index in [2.05, 4.69) is 22.2 Å². The van der Waals surface area contributed by atoms with Gasteiger partial charge >= 0.3 is 0 Å². The number of hydrogen-bond donors (Lipinski definition) is 0. The first-order valence-corrected chi connectivity index (χ1v) is 5.46. The zero-order valence-electron chi connectivity index (χ0n) is 8.03. The average Bonchev–Trinajstić information content (AvgIpc) is 3.00. The minimum absolute atomic E-state index is 0.0121. The van der Waals surface area contributed by atoms with Gasteiger partial charge in [0, 0.05) is 6.92 Å². The Morgan fingerprint density at radius 1 is 1.43 bits per heavy atom. The highest BCUT2D eigenvalue weighted by Gasteiger charge is 2.27. The fourth-order valence-electron chi connectivity index (χ4n) is 1.58. The predicted molar refractivity (Wildman–Crippen MR) is 60.5 cm³/mol. The molecule has 2 rings (SSSR count). The van der Waals surface area contributed by atoms with Gasteiger partial charge in [0.25, 0.3) is 0 Å². The number of halogens is 1. The fraction of sp³-hybridized carbons (Fsp3) is 0.364. The van der Waals surface area contributed by atoms with Crippen molar-refractivity contribution in [2.75, 3.05) is 3.93 Å². The van der Waals surface area contributed by atoms with Crippen molar-refractivity contribution >= 4 is 27.7 Å². The van der Waals surface area contributed by atoms with Gasteiger partial charge in [0.05, 0.1) is 21.8 Å². The van der Waals surface area contributed by atoms with Crippen LogP contribution in [0.5, 0.6) is 0 Å². The Hall–Kier alpha value is -0.830. The van der Waals surface area contributed by atoms with Crippen LogP contribution in [0.15, 0.2) is 24.3 Å². The molecule has 74 valence electrons. The molecule has 1 aromatic rings. The van der Waals surface area contributed by atoms with Gasteiger partial charge in [0.2, 0.25) is 5.91 Å². The van der Waals surface area contributed by atoms with Gasteiger partial charge in [-0.3, -0.25) is 4.79 Å². The van der Waals surface area contributed by atoms with Crippen LogP contribution in [-0.4, -0.2) is 5.91 Å². The number of carbonyl (C=O) groups is 1. The van der Waals surface area contributed by atoms with Crippen LogP contribution >= 0.6 is 16.1 Å². The topological polar surface area (TPSA) is 20.3 Å². The molecule has 0 bridgehead atoms. The van der Waals surface area contributed by atoms with Crippen molar-refractivity contribution in [2.45, 2.75) is 25.7 Å². The standard InChI is InChI=1S/C11H12BrNO/c1-8(14)13(12)11-5-3-2-4-10(11)9-6-7-9/h2-5,9H,6-7H2,1H3. The maximum absolute atomic E-state index is 11.2. The molecule has 0 N–H and O–H groups in total. The number of rotatable bonds is 2. The SMILES string of the molecule is CC(=O)N(Br)c1ccccc1C1CC1. The van der Waals surface area contributed by atoms with Crippen molar-refractivity contribution in [3.8, 4) is 0 Å². The van der Waals surface area contributed by atoms with Crippen LogP contribution < -0.4 is 3.93 Å². The Balaban J connectivity index is 2.35. The molecule has 1 aromatic carbocycles. The number of nitrogens with zero attached hydrogens (tertiary/aromatic N) is 1. The summed E-state index contributed by atoms with van der Waals surface area (Å²) in [7, 11) is 0. The molecular formula is C11H12BrNO. The van der Waals surface area contributed by atoms with E-state index >= 15 is 0 Å². The molecule has 2 nitrogen and oxygen atoms in total. The molecule has 0 unspecified atom stereocenters. The third kappa shape index (κ3) is 1.82. The fourth-order valence-corrected chi connectivity index (χ4v) is 1.90. The molecule has 0 heterocycles. The molecule has 0 aromatic heterocycles. The van der Waals surface area contributed by atoms with E-state index < -0.39 is 0 Å². The van der Waals surface area contributed by atoms with Gasteiger partial charge in [-0.2, -0.15) is 0 Å². The van der Waals surface area contributed by atoms with Crippen molar-refractivity contribution in [2.24, 2.45) is 0 Å². The molecule has 0 aliphatic heterocycles. The first-order valence-electron chi connectivity index (χ1n) is 4.75. The Kier molecular flexibility index (Phi) is 2.59. The normalized spacial score (nSPS) is 15.3. The summed E-state index contributed by atoms with van der Waals surface area (Å²) in [6, 6.07) is 8.06. The van der Waals surface area contributed by atoms with Crippen molar-refractivity contribution in [1.82, 2.24) is 0 Å². The molecule has 1 fully saturated rings. The summed E-state index contributed by atoms with van der Waals surface area (Å²) in [5.74, 6) is 0.670. The number of amides is 1. The summed E-state index contributed by atoms with van der Waals surface area (Å²) in [5, 5.41) is 0. The van der Waals surface area contributed by atoms with Crippen molar-refractivity contribution in [3.05, 3.63) is 29.8 Å². The summed E-state index contributed by atoms with van der Waals surface area (Å²) in [5.41, 5.74) is 2.27. The Bertz CT molecular complexity index is 360. The van der Waals surface area contributed by atoms with Gasteiger partial charge in [0.15, 0.2) is 0 Å². The highest BCUT2D eigenvalue weighted by molar-refractivity contribution is 9.10. The monoisotopic (exact) mass is 253 g/mol. The third-order valence-electron chi connectivity index (χ3n) is 2.44. The van der Waals surface area contributed by atoms with E-state index in [4.69, 9.17) is 0 Å². The van der Waals surface area contributed by atoms with E-state index in [0.717, 1.165) is 5.69 Å². The molecular weight excluding hydrogens is 242 g/mol. The molecule has 1 aliphatic rings. The molecule has 1 aliphatic carbocycles. The molecule has 14 heavy (non-hydrogen) atoms. The quantitative estimate of drug-likeness (QED) is 0.742. The van der Waals surface area contributed by atoms with Gasteiger partial charge < -0.3 is 0 Å². The highest BCUT2D eigenvalue weighted by Crippen LogP contribution is 2.44. The number of anilines is 1. The minimum atomic E-state index is 0.0121. The van der Waals surface area contributed by atoms with Crippen molar-refractivity contribution in [3.63, 3.8) is 0 Å². The molecule has 0 saturated heterocycles. The van der Waals surface area contributed by atoms with Gasteiger partial charge in [0.1, 0.15) is 0 Å². The summed E-state index contributed by atoms with van der Waals surface area (Å²) < 4.78 is 1.54. The number of para-hydroxylation sites is 1. The molecule has 1 amide bonds. The van der Waals surface area contributed by atoms with E-state index in [9.17, 15) is 4.79 Å². The zero-order valence-corrected chi connectivity index (χ0v) is 9.62. The Morgan fingerprint density at radius 2 is 2.07 bits per heavy atom. The predicted octanol–water partition coefficient (Wildman–Crippen LogP) is 3.23. The highest BCUT2D eigenvalue weighted by atomic mass is 79.9. The van der Waals surface area contributed by atoms with Gasteiger partial charge in [-0.05, 0) is 30.4 Å². The maximum Gasteiger partial charge on any atom is 0.233 e. The summed E-state index contributed by atoms with van der Waals surface area (Å²) >= 11 is 3.28.